The molecule has 0 radical (unpaired) electrons. The first kappa shape index (κ1) is 18.3. The van der Waals surface area contributed by atoms with Gasteiger partial charge in [0.2, 0.25) is 0 Å². The molecule has 138 valence electrons. The van der Waals surface area contributed by atoms with Gasteiger partial charge in [-0.3, -0.25) is 0 Å². The van der Waals surface area contributed by atoms with Gasteiger partial charge in [-0.05, 0) is 66.0 Å². The van der Waals surface area contributed by atoms with Crippen LogP contribution in [0.1, 0.15) is 17.7 Å². The molecule has 2 nitrogen and oxygen atoms in total. The molecule has 0 unspecified atom stereocenters. The van der Waals surface area contributed by atoms with Crippen LogP contribution in [0.3, 0.4) is 0 Å². The van der Waals surface area contributed by atoms with Crippen LogP contribution in [0.25, 0.3) is 11.8 Å². The van der Waals surface area contributed by atoms with Gasteiger partial charge in [-0.15, -0.1) is 23.5 Å². The van der Waals surface area contributed by atoms with Gasteiger partial charge >= 0.3 is 0 Å². The van der Waals surface area contributed by atoms with E-state index in [1.165, 1.54) is 34.9 Å². The van der Waals surface area contributed by atoms with Crippen molar-refractivity contribution in [1.29, 1.82) is 0 Å². The summed E-state index contributed by atoms with van der Waals surface area (Å²) in [6.07, 6.45) is 8.03. The van der Waals surface area contributed by atoms with E-state index < -0.39 is 0 Å². The van der Waals surface area contributed by atoms with Gasteiger partial charge in [0.05, 0.1) is 7.11 Å². The molecule has 4 heteroatoms. The number of methoxy groups -OCH3 is 1. The molecule has 1 aromatic heterocycles. The molecule has 1 saturated heterocycles. The highest BCUT2D eigenvalue weighted by Crippen LogP contribution is 2.51. The number of rotatable bonds is 5. The summed E-state index contributed by atoms with van der Waals surface area (Å²) < 4.78 is 7.53. The summed E-state index contributed by atoms with van der Waals surface area (Å²) in [7, 11) is 1.71. The van der Waals surface area contributed by atoms with Crippen LogP contribution in [0, 0.1) is 0 Å². The second-order valence-electron chi connectivity index (χ2n) is 6.42. The van der Waals surface area contributed by atoms with E-state index in [0.717, 1.165) is 5.75 Å². The first-order chi connectivity index (χ1) is 13.3. The van der Waals surface area contributed by atoms with Gasteiger partial charge in [-0.25, -0.2) is 0 Å². The number of hydrogen-bond donors (Lipinski definition) is 0. The van der Waals surface area contributed by atoms with E-state index in [2.05, 4.69) is 89.6 Å². The lowest BCUT2D eigenvalue weighted by Gasteiger charge is -2.34. The fraction of sp³-hybridized carbons (Fsp3) is 0.217. The van der Waals surface area contributed by atoms with E-state index >= 15 is 0 Å². The van der Waals surface area contributed by atoms with Crippen LogP contribution in [-0.2, 0) is 4.08 Å². The fourth-order valence-corrected chi connectivity index (χ4v) is 6.41. The Bertz CT molecular complexity index is 894. The third-order valence-electron chi connectivity index (χ3n) is 4.70. The minimum atomic E-state index is -0.0453. The molecule has 0 amide bonds. The van der Waals surface area contributed by atoms with Crippen molar-refractivity contribution in [3.05, 3.63) is 90.3 Å². The van der Waals surface area contributed by atoms with Crippen molar-refractivity contribution >= 4 is 29.6 Å². The maximum Gasteiger partial charge on any atom is 0.118 e. The molecule has 2 aromatic carbocycles. The summed E-state index contributed by atoms with van der Waals surface area (Å²) in [5.74, 6) is 3.27. The molecule has 0 bridgehead atoms. The monoisotopic (exact) mass is 393 g/mol. The van der Waals surface area contributed by atoms with Gasteiger partial charge in [-0.1, -0.05) is 36.4 Å². The maximum absolute atomic E-state index is 5.34. The smallest absolute Gasteiger partial charge is 0.118 e. The van der Waals surface area contributed by atoms with E-state index in [-0.39, 0.29) is 4.08 Å². The Morgan fingerprint density at radius 2 is 1.67 bits per heavy atom. The molecule has 0 aliphatic carbocycles. The van der Waals surface area contributed by atoms with Crippen LogP contribution in [0.2, 0.25) is 0 Å². The highest BCUT2D eigenvalue weighted by atomic mass is 32.2. The van der Waals surface area contributed by atoms with Crippen LogP contribution >= 0.6 is 23.5 Å². The van der Waals surface area contributed by atoms with Gasteiger partial charge in [-0.2, -0.15) is 0 Å². The van der Waals surface area contributed by atoms with E-state index in [9.17, 15) is 0 Å². The van der Waals surface area contributed by atoms with Gasteiger partial charge in [0.15, 0.2) is 0 Å². The zero-order chi connectivity index (χ0) is 18.5. The van der Waals surface area contributed by atoms with Crippen molar-refractivity contribution in [2.45, 2.75) is 10.5 Å². The topological polar surface area (TPSA) is 14.2 Å². The van der Waals surface area contributed by atoms with Gasteiger partial charge in [0.25, 0.3) is 0 Å². The Kier molecular flexibility index (Phi) is 5.65. The SMILES string of the molecule is COc1ccc(C2(C=Cc3cccn3-c3ccccc3)SCCCS2)cc1. The standard InChI is InChI=1S/C23H23NOS2/c1-25-22-12-10-19(11-13-22)23(26-17-6-18-27-23)15-14-21-9-5-16-24(21)20-7-3-2-4-8-20/h2-5,7-16H,6,17-18H2,1H3. The quantitative estimate of drug-likeness (QED) is 0.511. The van der Waals surface area contributed by atoms with Crippen molar-refractivity contribution in [2.75, 3.05) is 18.6 Å². The fourth-order valence-electron chi connectivity index (χ4n) is 3.28. The third kappa shape index (κ3) is 3.97. The highest BCUT2D eigenvalue weighted by molar-refractivity contribution is 8.18. The van der Waals surface area contributed by atoms with Crippen molar-refractivity contribution in [3.8, 4) is 11.4 Å². The molecule has 4 rings (SSSR count). The molecule has 3 aromatic rings. The Morgan fingerprint density at radius 1 is 0.926 bits per heavy atom. The first-order valence-corrected chi connectivity index (χ1v) is 11.1. The summed E-state index contributed by atoms with van der Waals surface area (Å²) in [5, 5.41) is 0. The summed E-state index contributed by atoms with van der Waals surface area (Å²) in [5.41, 5.74) is 3.71. The van der Waals surface area contributed by atoms with Crippen LogP contribution in [0.15, 0.2) is 79.0 Å². The lowest BCUT2D eigenvalue weighted by molar-refractivity contribution is 0.414. The largest absolute Gasteiger partial charge is 0.497 e. The Hall–Kier alpha value is -2.04. The number of para-hydroxylation sites is 1. The molecule has 2 heterocycles. The summed E-state index contributed by atoms with van der Waals surface area (Å²) in [6.45, 7) is 0. The molecule has 1 aliphatic rings. The van der Waals surface area contributed by atoms with E-state index in [0.29, 0.717) is 0 Å². The Balaban J connectivity index is 1.68. The predicted octanol–water partition coefficient (Wildman–Crippen LogP) is 6.22. The second kappa shape index (κ2) is 8.32. The van der Waals surface area contributed by atoms with Crippen LogP contribution in [-0.4, -0.2) is 23.2 Å². The van der Waals surface area contributed by atoms with Gasteiger partial charge in [0, 0.05) is 17.6 Å². The van der Waals surface area contributed by atoms with Crippen molar-refractivity contribution in [1.82, 2.24) is 4.57 Å². The van der Waals surface area contributed by atoms with Gasteiger partial charge in [0.1, 0.15) is 9.83 Å². The Morgan fingerprint density at radius 3 is 2.37 bits per heavy atom. The summed E-state index contributed by atoms with van der Waals surface area (Å²) in [6, 6.07) is 23.3. The molecule has 0 spiro atoms. The van der Waals surface area contributed by atoms with Crippen LogP contribution < -0.4 is 4.74 Å². The number of thioether (sulfide) groups is 2. The maximum atomic E-state index is 5.34. The second-order valence-corrected chi connectivity index (χ2v) is 9.36. The lowest BCUT2D eigenvalue weighted by atomic mass is 10.1. The predicted molar refractivity (Wildman–Crippen MR) is 119 cm³/mol. The first-order valence-electron chi connectivity index (χ1n) is 9.15. The highest BCUT2D eigenvalue weighted by Gasteiger charge is 2.33. The van der Waals surface area contributed by atoms with E-state index in [4.69, 9.17) is 4.74 Å². The van der Waals surface area contributed by atoms with E-state index in [1.807, 2.05) is 23.5 Å². The molecular weight excluding hydrogens is 370 g/mol. The molecule has 0 atom stereocenters. The van der Waals surface area contributed by atoms with Crippen LogP contribution in [0.5, 0.6) is 5.75 Å². The number of benzene rings is 2. The lowest BCUT2D eigenvalue weighted by Crippen LogP contribution is -2.20. The third-order valence-corrected chi connectivity index (χ3v) is 8.00. The summed E-state index contributed by atoms with van der Waals surface area (Å²) in [4.78, 5) is 0. The van der Waals surface area contributed by atoms with Crippen molar-refractivity contribution in [2.24, 2.45) is 0 Å². The molecule has 27 heavy (non-hydrogen) atoms. The molecular formula is C23H23NOS2. The average molecular weight is 394 g/mol. The zero-order valence-corrected chi connectivity index (χ0v) is 17.0. The number of ether oxygens (including phenoxy) is 1. The minimum Gasteiger partial charge on any atom is -0.497 e. The van der Waals surface area contributed by atoms with E-state index in [1.54, 1.807) is 7.11 Å². The average Bonchev–Trinajstić information content (AvgIpc) is 3.22. The minimum absolute atomic E-state index is 0.0453. The van der Waals surface area contributed by atoms with Crippen molar-refractivity contribution < 1.29 is 4.74 Å². The zero-order valence-electron chi connectivity index (χ0n) is 15.4. The van der Waals surface area contributed by atoms with Crippen molar-refractivity contribution in [3.63, 3.8) is 0 Å². The number of nitrogens with zero attached hydrogens (tertiary/aromatic N) is 1. The normalized spacial score (nSPS) is 16.5. The summed E-state index contributed by atoms with van der Waals surface area (Å²) >= 11 is 4.05. The molecule has 0 saturated carbocycles. The number of aromatic nitrogens is 1. The molecule has 0 N–H and O–H groups in total. The number of hydrogen-bond acceptors (Lipinski definition) is 3. The molecule has 1 fully saturated rings. The Labute approximate surface area is 169 Å². The van der Waals surface area contributed by atoms with Crippen LogP contribution in [0.4, 0.5) is 0 Å². The van der Waals surface area contributed by atoms with Gasteiger partial charge < -0.3 is 9.30 Å². The molecule has 1 aliphatic heterocycles.